The summed E-state index contributed by atoms with van der Waals surface area (Å²) >= 11 is 0. The SMILES string of the molecule is CC(C#N)(CCCOCCOC(C)(C)C)NC1CC1. The normalized spacial score (nSPS) is 18.9. The van der Waals surface area contributed by atoms with Gasteiger partial charge in [-0.1, -0.05) is 0 Å². The minimum Gasteiger partial charge on any atom is -0.379 e. The molecular weight excluding hydrogens is 240 g/mol. The molecule has 0 aromatic carbocycles. The van der Waals surface area contributed by atoms with Crippen molar-refractivity contribution in [1.82, 2.24) is 5.32 Å². The van der Waals surface area contributed by atoms with Gasteiger partial charge in [-0.25, -0.2) is 0 Å². The van der Waals surface area contributed by atoms with Crippen molar-refractivity contribution in [1.29, 1.82) is 5.26 Å². The summed E-state index contributed by atoms with van der Waals surface area (Å²) in [7, 11) is 0. The van der Waals surface area contributed by atoms with E-state index in [0.717, 1.165) is 12.8 Å². The molecular formula is C15H28N2O2. The number of hydrogen-bond acceptors (Lipinski definition) is 4. The molecule has 1 N–H and O–H groups in total. The van der Waals surface area contributed by atoms with Crippen LogP contribution in [0, 0.1) is 11.3 Å². The Hall–Kier alpha value is -0.630. The summed E-state index contributed by atoms with van der Waals surface area (Å²) in [4.78, 5) is 0. The molecule has 0 saturated heterocycles. The number of nitrogens with zero attached hydrogens (tertiary/aromatic N) is 1. The Morgan fingerprint density at radius 1 is 1.16 bits per heavy atom. The van der Waals surface area contributed by atoms with E-state index in [4.69, 9.17) is 9.47 Å². The first-order chi connectivity index (χ1) is 8.85. The quantitative estimate of drug-likeness (QED) is 0.653. The average Bonchev–Trinajstić information content (AvgIpc) is 3.10. The van der Waals surface area contributed by atoms with E-state index in [-0.39, 0.29) is 5.60 Å². The summed E-state index contributed by atoms with van der Waals surface area (Å²) in [6.07, 6.45) is 4.15. The van der Waals surface area contributed by atoms with E-state index in [0.29, 0.717) is 25.9 Å². The second kappa shape index (κ2) is 7.23. The average molecular weight is 268 g/mol. The van der Waals surface area contributed by atoms with Gasteiger partial charge < -0.3 is 9.47 Å². The minimum atomic E-state index is -0.396. The van der Waals surface area contributed by atoms with E-state index < -0.39 is 5.54 Å². The smallest absolute Gasteiger partial charge is 0.104 e. The van der Waals surface area contributed by atoms with E-state index in [1.165, 1.54) is 12.8 Å². The molecule has 1 aliphatic rings. The Kier molecular flexibility index (Phi) is 6.25. The molecule has 1 saturated carbocycles. The number of nitrogens with one attached hydrogen (secondary N) is 1. The van der Waals surface area contributed by atoms with Crippen molar-refractivity contribution >= 4 is 0 Å². The van der Waals surface area contributed by atoms with E-state index in [9.17, 15) is 5.26 Å². The number of ether oxygens (including phenoxy) is 2. The lowest BCUT2D eigenvalue weighted by atomic mass is 9.98. The van der Waals surface area contributed by atoms with Gasteiger partial charge >= 0.3 is 0 Å². The Labute approximate surface area is 117 Å². The monoisotopic (exact) mass is 268 g/mol. The van der Waals surface area contributed by atoms with Crippen LogP contribution in [0.2, 0.25) is 0 Å². The van der Waals surface area contributed by atoms with Crippen LogP contribution in [-0.4, -0.2) is 37.0 Å². The highest BCUT2D eigenvalue weighted by molar-refractivity contribution is 5.06. The molecule has 0 aromatic rings. The Morgan fingerprint density at radius 2 is 1.84 bits per heavy atom. The third-order valence-corrected chi connectivity index (χ3v) is 3.08. The zero-order chi connectivity index (χ0) is 14.4. The van der Waals surface area contributed by atoms with Crippen LogP contribution in [-0.2, 0) is 9.47 Å². The molecule has 19 heavy (non-hydrogen) atoms. The highest BCUT2D eigenvalue weighted by Crippen LogP contribution is 2.24. The van der Waals surface area contributed by atoms with E-state index >= 15 is 0 Å². The van der Waals surface area contributed by atoms with Crippen molar-refractivity contribution in [3.8, 4) is 6.07 Å². The number of hydrogen-bond donors (Lipinski definition) is 1. The summed E-state index contributed by atoms with van der Waals surface area (Å²) < 4.78 is 11.1. The summed E-state index contributed by atoms with van der Waals surface area (Å²) in [6, 6.07) is 2.94. The Balaban J connectivity index is 2.01. The largest absolute Gasteiger partial charge is 0.379 e. The van der Waals surface area contributed by atoms with Gasteiger partial charge in [-0.15, -0.1) is 0 Å². The molecule has 0 aliphatic heterocycles. The third kappa shape index (κ3) is 8.20. The van der Waals surface area contributed by atoms with Crippen LogP contribution >= 0.6 is 0 Å². The molecule has 1 aliphatic carbocycles. The lowest BCUT2D eigenvalue weighted by Gasteiger charge is -2.23. The van der Waals surface area contributed by atoms with Gasteiger partial charge in [0.2, 0.25) is 0 Å². The van der Waals surface area contributed by atoms with Gasteiger partial charge in [-0.05, 0) is 53.4 Å². The van der Waals surface area contributed by atoms with Crippen LogP contribution in [0.25, 0.3) is 0 Å². The standard InChI is InChI=1S/C15H28N2O2/c1-14(2,3)19-11-10-18-9-5-8-15(4,12-16)17-13-6-7-13/h13,17H,5-11H2,1-4H3. The summed E-state index contributed by atoms with van der Waals surface area (Å²) in [5, 5.41) is 12.6. The van der Waals surface area contributed by atoms with Crippen LogP contribution < -0.4 is 5.32 Å². The molecule has 0 radical (unpaired) electrons. The van der Waals surface area contributed by atoms with Gasteiger partial charge in [-0.2, -0.15) is 5.26 Å². The molecule has 1 fully saturated rings. The third-order valence-electron chi connectivity index (χ3n) is 3.08. The lowest BCUT2D eigenvalue weighted by Crippen LogP contribution is -2.42. The van der Waals surface area contributed by atoms with Crippen LogP contribution in [0.15, 0.2) is 0 Å². The topological polar surface area (TPSA) is 54.3 Å². The van der Waals surface area contributed by atoms with Crippen molar-refractivity contribution in [2.45, 2.75) is 70.6 Å². The predicted molar refractivity (Wildman–Crippen MR) is 75.9 cm³/mol. The lowest BCUT2D eigenvalue weighted by molar-refractivity contribution is -0.0354. The maximum atomic E-state index is 9.22. The van der Waals surface area contributed by atoms with Gasteiger partial charge in [0, 0.05) is 12.6 Å². The Bertz CT molecular complexity index is 302. The predicted octanol–water partition coefficient (Wildman–Crippen LogP) is 2.63. The fourth-order valence-corrected chi connectivity index (χ4v) is 1.88. The van der Waals surface area contributed by atoms with Crippen LogP contribution in [0.3, 0.4) is 0 Å². The van der Waals surface area contributed by atoms with Crippen molar-refractivity contribution in [3.63, 3.8) is 0 Å². The van der Waals surface area contributed by atoms with E-state index in [2.05, 4.69) is 11.4 Å². The van der Waals surface area contributed by atoms with Gasteiger partial charge in [0.05, 0.1) is 24.9 Å². The molecule has 0 heterocycles. The molecule has 1 rings (SSSR count). The zero-order valence-electron chi connectivity index (χ0n) is 12.8. The minimum absolute atomic E-state index is 0.100. The van der Waals surface area contributed by atoms with Crippen molar-refractivity contribution in [3.05, 3.63) is 0 Å². The van der Waals surface area contributed by atoms with Gasteiger partial charge in [-0.3, -0.25) is 5.32 Å². The molecule has 0 bridgehead atoms. The molecule has 4 nitrogen and oxygen atoms in total. The van der Waals surface area contributed by atoms with Crippen LogP contribution in [0.5, 0.6) is 0 Å². The van der Waals surface area contributed by atoms with Crippen molar-refractivity contribution in [2.75, 3.05) is 19.8 Å². The number of rotatable bonds is 9. The Morgan fingerprint density at radius 3 is 2.37 bits per heavy atom. The fourth-order valence-electron chi connectivity index (χ4n) is 1.88. The van der Waals surface area contributed by atoms with Crippen LogP contribution in [0.4, 0.5) is 0 Å². The first kappa shape index (κ1) is 16.4. The summed E-state index contributed by atoms with van der Waals surface area (Å²) in [5.41, 5.74) is -0.497. The van der Waals surface area contributed by atoms with Crippen LogP contribution in [0.1, 0.15) is 53.4 Å². The first-order valence-corrected chi connectivity index (χ1v) is 7.25. The molecule has 0 spiro atoms. The van der Waals surface area contributed by atoms with Gasteiger partial charge in [0.15, 0.2) is 0 Å². The summed E-state index contributed by atoms with van der Waals surface area (Å²) in [5.74, 6) is 0. The highest BCUT2D eigenvalue weighted by atomic mass is 16.5. The molecule has 4 heteroatoms. The maximum Gasteiger partial charge on any atom is 0.104 e. The summed E-state index contributed by atoms with van der Waals surface area (Å²) in [6.45, 7) is 10.0. The van der Waals surface area contributed by atoms with Gasteiger partial charge in [0.25, 0.3) is 0 Å². The maximum absolute atomic E-state index is 9.22. The van der Waals surface area contributed by atoms with E-state index in [1.807, 2.05) is 27.7 Å². The molecule has 0 amide bonds. The molecule has 110 valence electrons. The zero-order valence-corrected chi connectivity index (χ0v) is 12.8. The molecule has 0 aromatic heterocycles. The molecule has 1 atom stereocenters. The highest BCUT2D eigenvalue weighted by Gasteiger charge is 2.31. The first-order valence-electron chi connectivity index (χ1n) is 7.25. The second-order valence-corrected chi connectivity index (χ2v) is 6.54. The second-order valence-electron chi connectivity index (χ2n) is 6.54. The van der Waals surface area contributed by atoms with E-state index in [1.54, 1.807) is 0 Å². The van der Waals surface area contributed by atoms with Crippen molar-refractivity contribution < 1.29 is 9.47 Å². The van der Waals surface area contributed by atoms with Crippen molar-refractivity contribution in [2.24, 2.45) is 0 Å². The fraction of sp³-hybridized carbons (Fsp3) is 0.933. The number of nitriles is 1. The molecule has 1 unspecified atom stereocenters. The van der Waals surface area contributed by atoms with Gasteiger partial charge in [0.1, 0.15) is 5.54 Å².